The summed E-state index contributed by atoms with van der Waals surface area (Å²) in [4.78, 5) is 40.1. The fourth-order valence-electron chi connectivity index (χ4n) is 6.37. The predicted octanol–water partition coefficient (Wildman–Crippen LogP) is 11.8. The molecule has 0 radical (unpaired) electrons. The lowest BCUT2D eigenvalue weighted by molar-refractivity contribution is -0.156. The average molecular weight is 931 g/mol. The van der Waals surface area contributed by atoms with Gasteiger partial charge in [-0.25, -0.2) is 0 Å². The molecule has 2 atom stereocenters. The number of hydrogen-bond acceptors (Lipinski definition) is 11. The number of benzene rings is 2. The maximum Gasteiger partial charge on any atom is 0.394 e. The molecule has 2 aliphatic rings. The first-order valence-electron chi connectivity index (χ1n) is 21.9. The number of ether oxygens (including phenoxy) is 4. The minimum atomic E-state index is -4.67. The number of fused-ring (bicyclic) bond motifs is 2. The Kier molecular flexibility index (Phi) is 27.6. The zero-order valence-electron chi connectivity index (χ0n) is 40.5. The van der Waals surface area contributed by atoms with E-state index in [1.54, 1.807) is 0 Å². The number of aromatic hydroxyl groups is 1. The van der Waals surface area contributed by atoms with Crippen LogP contribution in [0.1, 0.15) is 170 Å². The molecule has 2 unspecified atom stereocenters. The number of carboxylic acid groups (broad SMARTS) is 1. The fourth-order valence-corrected chi connectivity index (χ4v) is 6.37. The summed E-state index contributed by atoms with van der Waals surface area (Å²) in [6, 6.07) is 8.08. The molecule has 65 heavy (non-hydrogen) atoms. The second-order valence-corrected chi connectivity index (χ2v) is 17.6. The highest BCUT2D eigenvalue weighted by molar-refractivity contribution is 7.79. The van der Waals surface area contributed by atoms with E-state index in [9.17, 15) is 19.5 Å². The van der Waals surface area contributed by atoms with Gasteiger partial charge < -0.3 is 29.2 Å². The summed E-state index contributed by atoms with van der Waals surface area (Å²) in [5.74, 6) is 0.306. The molecule has 4 rings (SSSR count). The molecule has 364 valence electrons. The van der Waals surface area contributed by atoms with Crippen molar-refractivity contribution in [1.82, 2.24) is 0 Å². The summed E-state index contributed by atoms with van der Waals surface area (Å²) in [6.45, 7) is 22.0. The van der Waals surface area contributed by atoms with Gasteiger partial charge in [-0.15, -0.1) is 0 Å². The SMILES string of the molecule is CC(=O)O.CC(=O)OC(C)=O.CCCCCc1cc(O)c2c(c1)OC(C)(CCC=C(C)C)C=C2.CCCCCc1cc(OC(C)=O)c2c(c1)OC(C)(CCC=C(C)C)C=C2.O=S(=O)(O)O. The van der Waals surface area contributed by atoms with E-state index >= 15 is 0 Å². The first-order valence-corrected chi connectivity index (χ1v) is 23.3. The minimum absolute atomic E-state index is 0.298. The largest absolute Gasteiger partial charge is 0.507 e. The molecule has 2 heterocycles. The Hall–Kier alpha value is -5.25. The number of esters is 3. The lowest BCUT2D eigenvalue weighted by Crippen LogP contribution is -2.32. The third-order valence-corrected chi connectivity index (χ3v) is 9.30. The van der Waals surface area contributed by atoms with Crippen molar-refractivity contribution in [3.63, 3.8) is 0 Å². The lowest BCUT2D eigenvalue weighted by atomic mass is 9.93. The molecule has 15 heteroatoms. The highest BCUT2D eigenvalue weighted by Crippen LogP contribution is 2.41. The topological polar surface area (TPSA) is 220 Å². The molecule has 0 aliphatic carbocycles. The van der Waals surface area contributed by atoms with Crippen molar-refractivity contribution in [2.75, 3.05) is 0 Å². The monoisotopic (exact) mass is 930 g/mol. The summed E-state index contributed by atoms with van der Waals surface area (Å²) in [6.07, 6.45) is 25.6. The molecule has 2 aliphatic heterocycles. The van der Waals surface area contributed by atoms with Crippen LogP contribution in [0.15, 0.2) is 59.7 Å². The van der Waals surface area contributed by atoms with E-state index in [0.717, 1.165) is 92.0 Å². The van der Waals surface area contributed by atoms with Crippen LogP contribution in [-0.4, -0.2) is 62.8 Å². The first kappa shape index (κ1) is 59.8. The number of allylic oxidation sites excluding steroid dienone is 4. The average Bonchev–Trinajstić information content (AvgIpc) is 3.13. The van der Waals surface area contributed by atoms with Crippen LogP contribution in [0.4, 0.5) is 0 Å². The Balaban J connectivity index is 0.000000949. The third kappa shape index (κ3) is 29.0. The molecule has 0 fully saturated rings. The van der Waals surface area contributed by atoms with E-state index in [1.165, 1.54) is 57.6 Å². The molecule has 2 aromatic rings. The quantitative estimate of drug-likeness (QED) is 0.0326. The van der Waals surface area contributed by atoms with Gasteiger partial charge >= 0.3 is 28.3 Å². The number of aliphatic carboxylic acids is 1. The Bertz CT molecular complexity index is 2070. The summed E-state index contributed by atoms with van der Waals surface area (Å²) < 4.78 is 53.6. The second-order valence-electron chi connectivity index (χ2n) is 16.7. The van der Waals surface area contributed by atoms with Crippen LogP contribution in [0.3, 0.4) is 0 Å². The summed E-state index contributed by atoms with van der Waals surface area (Å²) in [7, 11) is -4.67. The smallest absolute Gasteiger partial charge is 0.394 e. The summed E-state index contributed by atoms with van der Waals surface area (Å²) >= 11 is 0. The van der Waals surface area contributed by atoms with Crippen molar-refractivity contribution in [2.24, 2.45) is 0 Å². The first-order chi connectivity index (χ1) is 30.1. The van der Waals surface area contributed by atoms with Gasteiger partial charge in [-0.1, -0.05) is 62.8 Å². The van der Waals surface area contributed by atoms with E-state index in [1.807, 2.05) is 24.3 Å². The highest BCUT2D eigenvalue weighted by Gasteiger charge is 2.30. The Labute approximate surface area is 387 Å². The van der Waals surface area contributed by atoms with Crippen LogP contribution < -0.4 is 14.2 Å². The maximum atomic E-state index is 11.5. The molecular formula is C50H74O14S. The van der Waals surface area contributed by atoms with Gasteiger partial charge in [0.15, 0.2) is 0 Å². The summed E-state index contributed by atoms with van der Waals surface area (Å²) in [5.41, 5.74) is 6.02. The third-order valence-electron chi connectivity index (χ3n) is 9.30. The molecule has 0 bridgehead atoms. The Morgan fingerprint density at radius 3 is 1.38 bits per heavy atom. The maximum absolute atomic E-state index is 11.5. The molecule has 0 amide bonds. The molecule has 0 spiro atoms. The molecule has 0 saturated heterocycles. The van der Waals surface area contributed by atoms with Crippen LogP contribution in [0, 0.1) is 0 Å². The zero-order valence-corrected chi connectivity index (χ0v) is 41.4. The van der Waals surface area contributed by atoms with E-state index < -0.39 is 28.3 Å². The van der Waals surface area contributed by atoms with Gasteiger partial charge in [-0.05, 0) is 153 Å². The van der Waals surface area contributed by atoms with Gasteiger partial charge in [-0.3, -0.25) is 28.3 Å². The van der Waals surface area contributed by atoms with Gasteiger partial charge in [0, 0.05) is 27.7 Å². The number of carboxylic acids is 1. The molecule has 14 nitrogen and oxygen atoms in total. The van der Waals surface area contributed by atoms with Crippen LogP contribution >= 0.6 is 0 Å². The van der Waals surface area contributed by atoms with Crippen LogP contribution in [0.2, 0.25) is 0 Å². The standard InChI is InChI=1S/C23H32O3.C21H30O2.C4H6O3.C2H4O2.H2O4S/c1-6-7-8-11-19-15-21(25-18(4)24)20-12-14-23(5,26-22(20)16-19)13-9-10-17(2)3;1-5-6-7-10-17-14-19(22)18-11-13-21(4,23-20(18)15-17)12-8-9-16(2)3;1-3(5)7-4(2)6;1-2(3)4;1-5(2,3)4/h10,12,14-16H,6-9,11,13H2,1-5H3;9,11,13-15,22H,5-8,10,12H2,1-4H3;1-2H3;1H3,(H,3,4);(H2,1,2,3,4). The number of phenolic OH excluding ortho intramolecular Hbond substituents is 1. The number of aryl methyl sites for hydroxylation is 2. The van der Waals surface area contributed by atoms with Gasteiger partial charge in [0.05, 0.1) is 11.1 Å². The zero-order chi connectivity index (χ0) is 50.0. The molecular weight excluding hydrogens is 857 g/mol. The summed E-state index contributed by atoms with van der Waals surface area (Å²) in [5, 5.41) is 17.7. The fraction of sp³-hybridized carbons (Fsp3) is 0.520. The highest BCUT2D eigenvalue weighted by atomic mass is 32.3. The van der Waals surface area contributed by atoms with Gasteiger partial charge in [-0.2, -0.15) is 8.42 Å². The number of carbonyl (C=O) groups is 4. The number of unbranched alkanes of at least 4 members (excludes halogenated alkanes) is 4. The molecule has 0 aromatic heterocycles. The van der Waals surface area contributed by atoms with Gasteiger partial charge in [0.1, 0.15) is 34.2 Å². The van der Waals surface area contributed by atoms with Gasteiger partial charge in [0.2, 0.25) is 0 Å². The number of phenols is 1. The molecule has 0 saturated carbocycles. The number of rotatable bonds is 15. The normalized spacial score (nSPS) is 16.1. The minimum Gasteiger partial charge on any atom is -0.507 e. The Morgan fingerprint density at radius 2 is 1.03 bits per heavy atom. The van der Waals surface area contributed by atoms with Crippen LogP contribution in [-0.2, 0) is 47.2 Å². The number of carbonyl (C=O) groups excluding carboxylic acids is 3. The number of hydrogen-bond donors (Lipinski definition) is 4. The van der Waals surface area contributed by atoms with E-state index in [0.29, 0.717) is 11.5 Å². The van der Waals surface area contributed by atoms with E-state index in [4.69, 9.17) is 41.6 Å². The molecule has 2 aromatic carbocycles. The van der Waals surface area contributed by atoms with E-state index in [-0.39, 0.29) is 17.2 Å². The predicted molar refractivity (Wildman–Crippen MR) is 256 cm³/mol. The van der Waals surface area contributed by atoms with Gasteiger partial charge in [0.25, 0.3) is 5.97 Å². The van der Waals surface area contributed by atoms with Crippen molar-refractivity contribution < 1.29 is 65.9 Å². The lowest BCUT2D eigenvalue weighted by Gasteiger charge is -2.32. The van der Waals surface area contributed by atoms with Crippen molar-refractivity contribution in [3.05, 3.63) is 82.0 Å². The Morgan fingerprint density at radius 1 is 0.646 bits per heavy atom. The van der Waals surface area contributed by atoms with Crippen LogP contribution in [0.5, 0.6) is 23.0 Å². The van der Waals surface area contributed by atoms with Crippen molar-refractivity contribution >= 4 is 46.4 Å². The van der Waals surface area contributed by atoms with Crippen molar-refractivity contribution in [1.29, 1.82) is 0 Å². The van der Waals surface area contributed by atoms with Crippen LogP contribution in [0.25, 0.3) is 12.2 Å². The second kappa shape index (κ2) is 30.0. The molecule has 4 N–H and O–H groups in total. The van der Waals surface area contributed by atoms with Crippen molar-refractivity contribution in [3.8, 4) is 23.0 Å². The van der Waals surface area contributed by atoms with Crippen molar-refractivity contribution in [2.45, 2.75) is 171 Å². The van der Waals surface area contributed by atoms with E-state index in [2.05, 4.69) is 96.6 Å².